The van der Waals surface area contributed by atoms with E-state index in [1.807, 2.05) is 0 Å². The van der Waals surface area contributed by atoms with Crippen molar-refractivity contribution in [3.8, 4) is 17.2 Å². The predicted molar refractivity (Wildman–Crippen MR) is 148 cm³/mol. The maximum atomic E-state index is 15.1. The number of nitrogens with zero attached hydrogens (tertiary/aromatic N) is 4. The molecule has 5 aromatic rings. The Hall–Kier alpha value is -5.17. The minimum atomic E-state index is -0.760. The fraction of sp³-hybridized carbons (Fsp3) is 0.179. The molecule has 6 rings (SSSR count). The van der Waals surface area contributed by atoms with Crippen LogP contribution in [0.1, 0.15) is 23.2 Å². The van der Waals surface area contributed by atoms with Gasteiger partial charge in [0, 0.05) is 36.3 Å². The Labute approximate surface area is 231 Å². The number of H-pyrrole nitrogens is 1. The Bertz CT molecular complexity index is 1780. The van der Waals surface area contributed by atoms with E-state index in [1.54, 1.807) is 6.07 Å². The van der Waals surface area contributed by atoms with Gasteiger partial charge in [0.1, 0.15) is 22.5 Å². The van der Waals surface area contributed by atoms with Gasteiger partial charge in [0.05, 0.1) is 5.69 Å². The van der Waals surface area contributed by atoms with Gasteiger partial charge in [-0.3, -0.25) is 14.7 Å². The Balaban J connectivity index is 1.20. The van der Waals surface area contributed by atoms with Gasteiger partial charge in [0.2, 0.25) is 0 Å². The molecule has 0 radical (unpaired) electrons. The third-order valence-corrected chi connectivity index (χ3v) is 6.67. The van der Waals surface area contributed by atoms with Crippen LogP contribution in [0.5, 0.6) is 11.5 Å². The van der Waals surface area contributed by atoms with E-state index in [9.17, 15) is 14.0 Å². The zero-order chi connectivity index (χ0) is 28.3. The topological polar surface area (TPSA) is 139 Å². The Morgan fingerprint density at radius 1 is 1.00 bits per heavy atom. The first-order valence-corrected chi connectivity index (χ1v) is 12.9. The second-order valence-corrected chi connectivity index (χ2v) is 9.41. The molecule has 0 unspecified atom stereocenters. The molecule has 4 N–H and O–H groups in total. The van der Waals surface area contributed by atoms with E-state index in [0.29, 0.717) is 22.6 Å². The summed E-state index contributed by atoms with van der Waals surface area (Å²) in [6, 6.07) is 12.1. The molecule has 208 valence electrons. The number of hydrogen-bond donors (Lipinski definition) is 4. The maximum Gasteiger partial charge on any atom is 0.284 e. The van der Waals surface area contributed by atoms with Crippen LogP contribution in [-0.4, -0.2) is 50.0 Å². The number of benzene rings is 2. The molecule has 3 aromatic heterocycles. The number of rotatable bonds is 7. The van der Waals surface area contributed by atoms with Crippen LogP contribution >= 0.6 is 0 Å². The molecule has 1 aliphatic rings. The van der Waals surface area contributed by atoms with Gasteiger partial charge in [0.25, 0.3) is 11.5 Å². The molecule has 2 aromatic carbocycles. The van der Waals surface area contributed by atoms with E-state index in [2.05, 4.69) is 36.2 Å². The quantitative estimate of drug-likeness (QED) is 0.235. The van der Waals surface area contributed by atoms with Crippen LogP contribution in [0.4, 0.5) is 20.3 Å². The van der Waals surface area contributed by atoms with Gasteiger partial charge < -0.3 is 20.7 Å². The summed E-state index contributed by atoms with van der Waals surface area (Å²) in [7, 11) is 0. The van der Waals surface area contributed by atoms with E-state index >= 15 is 4.39 Å². The molecule has 0 spiro atoms. The lowest BCUT2D eigenvalue weighted by Gasteiger charge is -2.23. The molecule has 1 fully saturated rings. The van der Waals surface area contributed by atoms with Crippen molar-refractivity contribution in [2.45, 2.75) is 18.9 Å². The number of amides is 1. The number of nitrogens with one attached hydrogen (secondary N) is 4. The third-order valence-electron chi connectivity index (χ3n) is 6.67. The van der Waals surface area contributed by atoms with E-state index in [4.69, 9.17) is 4.74 Å². The molecule has 0 aliphatic carbocycles. The van der Waals surface area contributed by atoms with Crippen LogP contribution in [0.3, 0.4) is 0 Å². The number of carbonyl (C=O) groups excluding carboxylic acids is 1. The highest BCUT2D eigenvalue weighted by Gasteiger charge is 2.20. The molecule has 4 heterocycles. The second-order valence-electron chi connectivity index (χ2n) is 9.41. The van der Waals surface area contributed by atoms with Gasteiger partial charge in [-0.15, -0.1) is 0 Å². The lowest BCUT2D eigenvalue weighted by molar-refractivity contribution is 0.102. The largest absolute Gasteiger partial charge is 0.453 e. The van der Waals surface area contributed by atoms with Crippen molar-refractivity contribution in [3.63, 3.8) is 0 Å². The standard InChI is InChI=1S/C28H24F2N8O3/c29-16-1-4-19(5-2-16)38-28(40)20(9-14-33-38)27(39)35-18-3-6-22(21(30)15-18)41-23-10-13-32-25-24(23)26(37-36-25)34-17-7-11-31-12-8-17/h1-6,9-10,13-15,17,31H,7-8,11-12H2,(H,35,39)(H2,32,34,36,37). The first-order chi connectivity index (χ1) is 20.0. The van der Waals surface area contributed by atoms with Crippen molar-refractivity contribution in [1.82, 2.24) is 30.3 Å². The van der Waals surface area contributed by atoms with E-state index in [-0.39, 0.29) is 28.7 Å². The third kappa shape index (κ3) is 5.47. The van der Waals surface area contributed by atoms with E-state index < -0.39 is 23.1 Å². The van der Waals surface area contributed by atoms with Gasteiger partial charge in [-0.1, -0.05) is 0 Å². The summed E-state index contributed by atoms with van der Waals surface area (Å²) in [4.78, 5) is 30.1. The summed E-state index contributed by atoms with van der Waals surface area (Å²) < 4.78 is 35.3. The van der Waals surface area contributed by atoms with Gasteiger partial charge in [-0.05, 0) is 68.4 Å². The summed E-state index contributed by atoms with van der Waals surface area (Å²) in [5.41, 5.74) is -0.0472. The minimum Gasteiger partial charge on any atom is -0.453 e. The fourth-order valence-electron chi connectivity index (χ4n) is 4.60. The van der Waals surface area contributed by atoms with Crippen LogP contribution in [0.2, 0.25) is 0 Å². The molecule has 11 nitrogen and oxygen atoms in total. The summed E-state index contributed by atoms with van der Waals surface area (Å²) >= 11 is 0. The molecule has 0 bridgehead atoms. The number of hydrogen-bond acceptors (Lipinski definition) is 8. The summed E-state index contributed by atoms with van der Waals surface area (Å²) in [5, 5.41) is 21.0. The molecular formula is C28H24F2N8O3. The summed E-state index contributed by atoms with van der Waals surface area (Å²) in [5.74, 6) is -1.12. The number of piperidine rings is 1. The minimum absolute atomic E-state index is 0.0768. The molecule has 41 heavy (non-hydrogen) atoms. The number of aromatic amines is 1. The average Bonchev–Trinajstić information content (AvgIpc) is 3.39. The molecule has 0 atom stereocenters. The normalized spacial score (nSPS) is 13.7. The Morgan fingerprint density at radius 2 is 1.80 bits per heavy atom. The first kappa shape index (κ1) is 26.1. The van der Waals surface area contributed by atoms with Crippen LogP contribution in [0.15, 0.2) is 71.8 Å². The molecule has 1 aliphatic heterocycles. The SMILES string of the molecule is O=C(Nc1ccc(Oc2ccnc3[nH]nc(NC4CCNCC4)c23)c(F)c1)c1ccnn(-c2ccc(F)cc2)c1=O. The predicted octanol–water partition coefficient (Wildman–Crippen LogP) is 3.99. The number of halogens is 2. The van der Waals surface area contributed by atoms with E-state index in [0.717, 1.165) is 36.7 Å². The first-order valence-electron chi connectivity index (χ1n) is 12.9. The van der Waals surface area contributed by atoms with Crippen LogP contribution in [-0.2, 0) is 0 Å². The number of pyridine rings is 1. The number of anilines is 2. The number of fused-ring (bicyclic) bond motifs is 1. The van der Waals surface area contributed by atoms with Crippen molar-refractivity contribution in [2.24, 2.45) is 0 Å². The zero-order valence-electron chi connectivity index (χ0n) is 21.5. The van der Waals surface area contributed by atoms with Gasteiger partial charge in [-0.2, -0.15) is 14.9 Å². The highest BCUT2D eigenvalue weighted by atomic mass is 19.1. The lowest BCUT2D eigenvalue weighted by Crippen LogP contribution is -2.35. The number of carbonyl (C=O) groups is 1. The molecule has 13 heteroatoms. The van der Waals surface area contributed by atoms with Crippen LogP contribution in [0.25, 0.3) is 16.7 Å². The molecule has 1 saturated heterocycles. The smallest absolute Gasteiger partial charge is 0.284 e. The Kier molecular flexibility index (Phi) is 7.08. The average molecular weight is 559 g/mol. The zero-order valence-corrected chi connectivity index (χ0v) is 21.5. The fourth-order valence-corrected chi connectivity index (χ4v) is 4.60. The second kappa shape index (κ2) is 11.1. The molecular weight excluding hydrogens is 534 g/mol. The number of ether oxygens (including phenoxy) is 1. The van der Waals surface area contributed by atoms with Crippen molar-refractivity contribution in [3.05, 3.63) is 94.5 Å². The van der Waals surface area contributed by atoms with Crippen LogP contribution in [0, 0.1) is 11.6 Å². The van der Waals surface area contributed by atoms with Crippen molar-refractivity contribution >= 4 is 28.4 Å². The van der Waals surface area contributed by atoms with Crippen molar-refractivity contribution in [1.29, 1.82) is 0 Å². The van der Waals surface area contributed by atoms with E-state index in [1.165, 1.54) is 54.9 Å². The summed E-state index contributed by atoms with van der Waals surface area (Å²) in [6.07, 6.45) is 4.68. The van der Waals surface area contributed by atoms with Gasteiger partial charge in [-0.25, -0.2) is 13.8 Å². The molecule has 0 saturated carbocycles. The summed E-state index contributed by atoms with van der Waals surface area (Å²) in [6.45, 7) is 1.81. The monoisotopic (exact) mass is 558 g/mol. The highest BCUT2D eigenvalue weighted by molar-refractivity contribution is 6.04. The lowest BCUT2D eigenvalue weighted by atomic mass is 10.1. The number of aromatic nitrogens is 5. The van der Waals surface area contributed by atoms with Crippen LogP contribution < -0.4 is 26.2 Å². The van der Waals surface area contributed by atoms with Crippen molar-refractivity contribution in [2.75, 3.05) is 23.7 Å². The van der Waals surface area contributed by atoms with Gasteiger partial charge >= 0.3 is 0 Å². The molecule has 1 amide bonds. The van der Waals surface area contributed by atoms with Crippen molar-refractivity contribution < 1.29 is 18.3 Å². The van der Waals surface area contributed by atoms with Gasteiger partial charge in [0.15, 0.2) is 23.0 Å². The highest BCUT2D eigenvalue weighted by Crippen LogP contribution is 2.35. The Morgan fingerprint density at radius 3 is 2.59 bits per heavy atom. The maximum absolute atomic E-state index is 15.1.